The van der Waals surface area contributed by atoms with Gasteiger partial charge in [0.25, 0.3) is 10.0 Å². The van der Waals surface area contributed by atoms with E-state index in [0.717, 1.165) is 24.8 Å². The molecule has 8 heteroatoms. The Kier molecular flexibility index (Phi) is 5.17. The second kappa shape index (κ2) is 7.19. The fourth-order valence-corrected chi connectivity index (χ4v) is 4.24. The molecule has 0 aliphatic carbocycles. The monoisotopic (exact) mass is 384 g/mol. The summed E-state index contributed by atoms with van der Waals surface area (Å²) in [6.07, 6.45) is 0. The molecule has 5 nitrogen and oxygen atoms in total. The molecule has 25 heavy (non-hydrogen) atoms. The Morgan fingerprint density at radius 1 is 1.16 bits per heavy atom. The first kappa shape index (κ1) is 18.0. The standard InChI is InChI=1S/C17H18ClFN2O3S/c1-12-10-13(19)2-5-17(12)25(22,23)20-16-11-14(3-4-15(16)18)21-6-8-24-9-7-21/h2-5,10-11,20H,6-9H2,1H3. The molecule has 0 atom stereocenters. The van der Waals surface area contributed by atoms with Gasteiger partial charge in [0.1, 0.15) is 5.82 Å². The highest BCUT2D eigenvalue weighted by molar-refractivity contribution is 7.92. The molecule has 0 spiro atoms. The van der Waals surface area contributed by atoms with E-state index in [1.807, 2.05) is 6.07 Å². The summed E-state index contributed by atoms with van der Waals surface area (Å²) in [5.74, 6) is -0.483. The molecule has 1 N–H and O–H groups in total. The Hall–Kier alpha value is -1.83. The minimum absolute atomic E-state index is 0.0155. The third-order valence-corrected chi connectivity index (χ3v) is 5.85. The molecule has 134 valence electrons. The first-order valence-electron chi connectivity index (χ1n) is 7.78. The Morgan fingerprint density at radius 2 is 1.88 bits per heavy atom. The van der Waals surface area contributed by atoms with Gasteiger partial charge in [0.05, 0.1) is 28.8 Å². The lowest BCUT2D eigenvalue weighted by Gasteiger charge is -2.29. The lowest BCUT2D eigenvalue weighted by molar-refractivity contribution is 0.122. The topological polar surface area (TPSA) is 58.6 Å². The van der Waals surface area contributed by atoms with E-state index in [1.165, 1.54) is 12.1 Å². The van der Waals surface area contributed by atoms with Crippen LogP contribution in [0.3, 0.4) is 0 Å². The van der Waals surface area contributed by atoms with Crippen LogP contribution in [0, 0.1) is 12.7 Å². The SMILES string of the molecule is Cc1cc(F)ccc1S(=O)(=O)Nc1cc(N2CCOCC2)ccc1Cl. The number of aryl methyl sites for hydroxylation is 1. The van der Waals surface area contributed by atoms with Crippen LogP contribution in [0.1, 0.15) is 5.56 Å². The van der Waals surface area contributed by atoms with Crippen LogP contribution < -0.4 is 9.62 Å². The van der Waals surface area contributed by atoms with Crippen molar-refractivity contribution in [1.82, 2.24) is 0 Å². The lowest BCUT2D eigenvalue weighted by Crippen LogP contribution is -2.36. The maximum atomic E-state index is 13.2. The molecule has 3 rings (SSSR count). The lowest BCUT2D eigenvalue weighted by atomic mass is 10.2. The minimum atomic E-state index is -3.88. The second-order valence-corrected chi connectivity index (χ2v) is 7.84. The Bertz CT molecular complexity index is 883. The Morgan fingerprint density at radius 3 is 2.56 bits per heavy atom. The van der Waals surface area contributed by atoms with E-state index in [1.54, 1.807) is 19.1 Å². The van der Waals surface area contributed by atoms with E-state index < -0.39 is 15.8 Å². The van der Waals surface area contributed by atoms with Crippen molar-refractivity contribution in [2.45, 2.75) is 11.8 Å². The number of halogens is 2. The number of hydrogen-bond donors (Lipinski definition) is 1. The number of nitrogens with one attached hydrogen (secondary N) is 1. The number of rotatable bonds is 4. The molecule has 1 aliphatic rings. The molecule has 0 radical (unpaired) electrons. The van der Waals surface area contributed by atoms with Crippen LogP contribution in [0.2, 0.25) is 5.02 Å². The summed E-state index contributed by atoms with van der Waals surface area (Å²) < 4.78 is 46.4. The van der Waals surface area contributed by atoms with Gasteiger partial charge in [-0.2, -0.15) is 0 Å². The predicted molar refractivity (Wildman–Crippen MR) is 96.4 cm³/mol. The Labute approximate surface area is 151 Å². The van der Waals surface area contributed by atoms with Crippen LogP contribution in [0.15, 0.2) is 41.3 Å². The summed E-state index contributed by atoms with van der Waals surface area (Å²) in [6.45, 7) is 4.25. The maximum Gasteiger partial charge on any atom is 0.262 e. The van der Waals surface area contributed by atoms with Gasteiger partial charge in [-0.05, 0) is 48.9 Å². The first-order valence-corrected chi connectivity index (χ1v) is 9.64. The van der Waals surface area contributed by atoms with Crippen molar-refractivity contribution in [2.75, 3.05) is 35.9 Å². The van der Waals surface area contributed by atoms with Crippen molar-refractivity contribution >= 4 is 33.0 Å². The number of nitrogens with zero attached hydrogens (tertiary/aromatic N) is 1. The van der Waals surface area contributed by atoms with E-state index >= 15 is 0 Å². The second-order valence-electron chi connectivity index (χ2n) is 5.78. The van der Waals surface area contributed by atoms with E-state index in [0.29, 0.717) is 23.8 Å². The van der Waals surface area contributed by atoms with Crippen molar-refractivity contribution in [1.29, 1.82) is 0 Å². The van der Waals surface area contributed by atoms with Crippen LogP contribution in [0.25, 0.3) is 0 Å². The molecule has 1 saturated heterocycles. The highest BCUT2D eigenvalue weighted by Gasteiger charge is 2.20. The maximum absolute atomic E-state index is 13.2. The summed E-state index contributed by atoms with van der Waals surface area (Å²) in [5.41, 5.74) is 1.48. The van der Waals surface area contributed by atoms with Crippen LogP contribution >= 0.6 is 11.6 Å². The fourth-order valence-electron chi connectivity index (χ4n) is 2.72. The van der Waals surface area contributed by atoms with Gasteiger partial charge in [-0.15, -0.1) is 0 Å². The van der Waals surface area contributed by atoms with E-state index in [9.17, 15) is 12.8 Å². The summed E-state index contributed by atoms with van der Waals surface area (Å²) in [5, 5.41) is 0.292. The van der Waals surface area contributed by atoms with E-state index in [4.69, 9.17) is 16.3 Å². The molecule has 1 fully saturated rings. The van der Waals surface area contributed by atoms with Gasteiger partial charge >= 0.3 is 0 Å². The summed E-state index contributed by atoms with van der Waals surface area (Å²) >= 11 is 6.16. The summed E-state index contributed by atoms with van der Waals surface area (Å²) in [4.78, 5) is 2.11. The zero-order valence-corrected chi connectivity index (χ0v) is 15.2. The van der Waals surface area contributed by atoms with Gasteiger partial charge in [-0.25, -0.2) is 12.8 Å². The molecule has 0 aromatic heterocycles. The van der Waals surface area contributed by atoms with E-state index in [-0.39, 0.29) is 10.6 Å². The summed E-state index contributed by atoms with van der Waals surface area (Å²) in [7, 11) is -3.88. The van der Waals surface area contributed by atoms with Crippen molar-refractivity contribution in [3.63, 3.8) is 0 Å². The fraction of sp³-hybridized carbons (Fsp3) is 0.294. The van der Waals surface area contributed by atoms with Crippen molar-refractivity contribution in [2.24, 2.45) is 0 Å². The van der Waals surface area contributed by atoms with Gasteiger partial charge in [0, 0.05) is 18.8 Å². The zero-order chi connectivity index (χ0) is 18.0. The normalized spacial score (nSPS) is 15.2. The molecular weight excluding hydrogens is 367 g/mol. The molecule has 1 heterocycles. The number of hydrogen-bond acceptors (Lipinski definition) is 4. The molecule has 0 amide bonds. The van der Waals surface area contributed by atoms with Crippen molar-refractivity contribution < 1.29 is 17.5 Å². The zero-order valence-electron chi connectivity index (χ0n) is 13.6. The van der Waals surface area contributed by atoms with Gasteiger partial charge in [-0.3, -0.25) is 4.72 Å². The molecular formula is C17H18ClFN2O3S. The largest absolute Gasteiger partial charge is 0.378 e. The molecule has 2 aromatic rings. The van der Waals surface area contributed by atoms with Gasteiger partial charge in [0.2, 0.25) is 0 Å². The average Bonchev–Trinajstić information content (AvgIpc) is 2.57. The van der Waals surface area contributed by atoms with Gasteiger partial charge < -0.3 is 9.64 Å². The van der Waals surface area contributed by atoms with Crippen molar-refractivity contribution in [3.8, 4) is 0 Å². The molecule has 0 unspecified atom stereocenters. The smallest absolute Gasteiger partial charge is 0.262 e. The molecule has 0 bridgehead atoms. The molecule has 2 aromatic carbocycles. The quantitative estimate of drug-likeness (QED) is 0.877. The van der Waals surface area contributed by atoms with Crippen LogP contribution in [-0.4, -0.2) is 34.7 Å². The number of anilines is 2. The summed E-state index contributed by atoms with van der Waals surface area (Å²) in [6, 6.07) is 8.74. The first-order chi connectivity index (χ1) is 11.9. The molecule has 0 saturated carbocycles. The van der Waals surface area contributed by atoms with Crippen molar-refractivity contribution in [3.05, 3.63) is 52.8 Å². The number of morpholine rings is 1. The molecule has 1 aliphatic heterocycles. The van der Waals surface area contributed by atoms with E-state index in [2.05, 4.69) is 9.62 Å². The number of ether oxygens (including phenoxy) is 1. The van der Waals surface area contributed by atoms with Crippen LogP contribution in [0.4, 0.5) is 15.8 Å². The average molecular weight is 385 g/mol. The third-order valence-electron chi connectivity index (χ3n) is 4.00. The van der Waals surface area contributed by atoms with Crippen LogP contribution in [-0.2, 0) is 14.8 Å². The predicted octanol–water partition coefficient (Wildman–Crippen LogP) is 3.42. The van der Waals surface area contributed by atoms with Gasteiger partial charge in [0.15, 0.2) is 0 Å². The Balaban J connectivity index is 1.90. The minimum Gasteiger partial charge on any atom is -0.378 e. The van der Waals surface area contributed by atoms with Crippen LogP contribution in [0.5, 0.6) is 0 Å². The number of benzene rings is 2. The number of sulfonamides is 1. The third kappa shape index (κ3) is 4.05. The highest BCUT2D eigenvalue weighted by atomic mass is 35.5. The highest BCUT2D eigenvalue weighted by Crippen LogP contribution is 2.30. The van der Waals surface area contributed by atoms with Gasteiger partial charge in [-0.1, -0.05) is 11.6 Å².